The fraction of sp³-hybridized carbons (Fsp3) is 0.235. The average molecular weight is 367 g/mol. The molecule has 0 aliphatic carbocycles. The number of methoxy groups -OCH3 is 1. The van der Waals surface area contributed by atoms with Crippen LogP contribution < -0.4 is 10.1 Å². The van der Waals surface area contributed by atoms with E-state index in [9.17, 15) is 14.0 Å². The van der Waals surface area contributed by atoms with E-state index in [-0.39, 0.29) is 18.0 Å². The number of hydrogen-bond acceptors (Lipinski definition) is 5. The van der Waals surface area contributed by atoms with Crippen LogP contribution in [0.15, 0.2) is 36.5 Å². The molecular formula is C17H16ClFN2O4. The van der Waals surface area contributed by atoms with Gasteiger partial charge in [0.1, 0.15) is 5.82 Å². The second-order valence-electron chi connectivity index (χ2n) is 5.13. The second-order valence-corrected chi connectivity index (χ2v) is 5.57. The van der Waals surface area contributed by atoms with Crippen molar-refractivity contribution in [2.75, 3.05) is 12.4 Å². The maximum absolute atomic E-state index is 13.6. The molecule has 8 heteroatoms. The van der Waals surface area contributed by atoms with Gasteiger partial charge in [-0.15, -0.1) is 0 Å². The van der Waals surface area contributed by atoms with Crippen molar-refractivity contribution in [2.24, 2.45) is 0 Å². The molecule has 0 fully saturated rings. The van der Waals surface area contributed by atoms with E-state index < -0.39 is 23.8 Å². The van der Waals surface area contributed by atoms with Crippen LogP contribution >= 0.6 is 11.6 Å². The van der Waals surface area contributed by atoms with E-state index in [0.717, 1.165) is 0 Å². The third-order valence-electron chi connectivity index (χ3n) is 3.22. The van der Waals surface area contributed by atoms with E-state index in [4.69, 9.17) is 21.1 Å². The maximum atomic E-state index is 13.6. The molecule has 0 aliphatic heterocycles. The van der Waals surface area contributed by atoms with Gasteiger partial charge in [0.25, 0.3) is 5.91 Å². The van der Waals surface area contributed by atoms with Crippen molar-refractivity contribution in [1.29, 1.82) is 0 Å². The number of esters is 1. The summed E-state index contributed by atoms with van der Waals surface area (Å²) in [6.45, 7) is 1.43. The summed E-state index contributed by atoms with van der Waals surface area (Å²) in [6.07, 6.45) is 0.178. The summed E-state index contributed by atoms with van der Waals surface area (Å²) in [5.74, 6) is -1.40. The summed E-state index contributed by atoms with van der Waals surface area (Å²) >= 11 is 5.71. The number of hydrogen-bond donors (Lipinski definition) is 1. The molecular weight excluding hydrogens is 351 g/mol. The van der Waals surface area contributed by atoms with Crippen LogP contribution in [0.4, 0.5) is 10.2 Å². The van der Waals surface area contributed by atoms with Gasteiger partial charge in [-0.1, -0.05) is 17.7 Å². The number of anilines is 1. The smallest absolute Gasteiger partial charge is 0.311 e. The van der Waals surface area contributed by atoms with E-state index in [2.05, 4.69) is 10.3 Å². The number of carbonyl (C=O) groups excluding carboxylic acids is 2. The Labute approximate surface area is 148 Å². The van der Waals surface area contributed by atoms with E-state index in [0.29, 0.717) is 10.6 Å². The van der Waals surface area contributed by atoms with Crippen molar-refractivity contribution in [1.82, 2.24) is 4.98 Å². The molecule has 0 saturated carbocycles. The van der Waals surface area contributed by atoms with Gasteiger partial charge in [-0.3, -0.25) is 9.59 Å². The molecule has 1 aromatic heterocycles. The number of amides is 1. The molecule has 0 aliphatic rings. The summed E-state index contributed by atoms with van der Waals surface area (Å²) in [6, 6.07) is 7.24. The number of carbonyl (C=O) groups is 2. The highest BCUT2D eigenvalue weighted by molar-refractivity contribution is 6.30. The van der Waals surface area contributed by atoms with E-state index in [1.165, 1.54) is 38.4 Å². The summed E-state index contributed by atoms with van der Waals surface area (Å²) in [7, 11) is 1.35. The predicted octanol–water partition coefficient (Wildman–Crippen LogP) is 3.00. The summed E-state index contributed by atoms with van der Waals surface area (Å²) in [5.41, 5.74) is 0.412. The Morgan fingerprint density at radius 1 is 1.32 bits per heavy atom. The molecule has 132 valence electrons. The Morgan fingerprint density at radius 3 is 2.68 bits per heavy atom. The standard InChI is InChI=1S/C17H16ClFN2O4/c1-10(17(23)21-15-6-4-12(18)9-20-15)25-16(22)8-11-3-5-14(24-2)13(19)7-11/h3-7,9-10H,8H2,1-2H3,(H,20,21,23). The lowest BCUT2D eigenvalue weighted by Gasteiger charge is -2.13. The molecule has 2 aromatic rings. The fourth-order valence-corrected chi connectivity index (χ4v) is 2.07. The zero-order valence-corrected chi connectivity index (χ0v) is 14.3. The van der Waals surface area contributed by atoms with Crippen LogP contribution in [-0.2, 0) is 20.7 Å². The molecule has 1 N–H and O–H groups in total. The molecule has 0 bridgehead atoms. The van der Waals surface area contributed by atoms with Gasteiger partial charge < -0.3 is 14.8 Å². The van der Waals surface area contributed by atoms with Crippen LogP contribution in [-0.4, -0.2) is 30.1 Å². The van der Waals surface area contributed by atoms with Crippen LogP contribution in [0.3, 0.4) is 0 Å². The molecule has 1 atom stereocenters. The first kappa shape index (κ1) is 18.7. The van der Waals surface area contributed by atoms with Crippen molar-refractivity contribution in [3.8, 4) is 5.75 Å². The fourth-order valence-electron chi connectivity index (χ4n) is 1.96. The summed E-state index contributed by atoms with van der Waals surface area (Å²) in [4.78, 5) is 27.8. The average Bonchev–Trinajstić information content (AvgIpc) is 2.57. The lowest BCUT2D eigenvalue weighted by molar-refractivity contribution is -0.152. The van der Waals surface area contributed by atoms with Crippen LogP contribution in [0, 0.1) is 5.82 Å². The Balaban J connectivity index is 1.89. The van der Waals surface area contributed by atoms with Gasteiger partial charge in [0, 0.05) is 6.20 Å². The molecule has 1 unspecified atom stereocenters. The molecule has 1 heterocycles. The van der Waals surface area contributed by atoms with Gasteiger partial charge in [-0.25, -0.2) is 9.37 Å². The van der Waals surface area contributed by atoms with Crippen molar-refractivity contribution >= 4 is 29.3 Å². The number of aromatic nitrogens is 1. The number of halogens is 2. The van der Waals surface area contributed by atoms with Crippen LogP contribution in [0.1, 0.15) is 12.5 Å². The van der Waals surface area contributed by atoms with E-state index >= 15 is 0 Å². The maximum Gasteiger partial charge on any atom is 0.311 e. The van der Waals surface area contributed by atoms with Crippen molar-refractivity contribution < 1.29 is 23.5 Å². The van der Waals surface area contributed by atoms with Crippen LogP contribution in [0.5, 0.6) is 5.75 Å². The highest BCUT2D eigenvalue weighted by Gasteiger charge is 2.19. The third-order valence-corrected chi connectivity index (χ3v) is 3.44. The lowest BCUT2D eigenvalue weighted by atomic mass is 10.1. The number of pyridine rings is 1. The molecule has 0 saturated heterocycles. The SMILES string of the molecule is COc1ccc(CC(=O)OC(C)C(=O)Nc2ccc(Cl)cn2)cc1F. The molecule has 0 radical (unpaired) electrons. The monoisotopic (exact) mass is 366 g/mol. The van der Waals surface area contributed by atoms with Gasteiger partial charge in [-0.05, 0) is 36.8 Å². The lowest BCUT2D eigenvalue weighted by Crippen LogP contribution is -2.30. The van der Waals surface area contributed by atoms with Crippen molar-refractivity contribution in [3.63, 3.8) is 0 Å². The molecule has 2 rings (SSSR count). The molecule has 6 nitrogen and oxygen atoms in total. The zero-order chi connectivity index (χ0) is 18.4. The van der Waals surface area contributed by atoms with Crippen LogP contribution in [0.2, 0.25) is 5.02 Å². The number of nitrogens with one attached hydrogen (secondary N) is 1. The van der Waals surface area contributed by atoms with Gasteiger partial charge in [0.15, 0.2) is 17.7 Å². The van der Waals surface area contributed by atoms with E-state index in [1.54, 1.807) is 12.1 Å². The Kier molecular flexibility index (Phi) is 6.30. The van der Waals surface area contributed by atoms with Crippen LogP contribution in [0.25, 0.3) is 0 Å². The Bertz CT molecular complexity index is 768. The number of benzene rings is 1. The first-order valence-electron chi connectivity index (χ1n) is 7.33. The van der Waals surface area contributed by atoms with Gasteiger partial charge in [0.2, 0.25) is 0 Å². The Hall–Kier alpha value is -2.67. The number of rotatable bonds is 6. The minimum atomic E-state index is -1.03. The number of ether oxygens (including phenoxy) is 2. The molecule has 25 heavy (non-hydrogen) atoms. The van der Waals surface area contributed by atoms with Gasteiger partial charge in [0.05, 0.1) is 18.6 Å². The zero-order valence-electron chi connectivity index (χ0n) is 13.6. The largest absolute Gasteiger partial charge is 0.494 e. The van der Waals surface area contributed by atoms with E-state index in [1.807, 2.05) is 0 Å². The summed E-state index contributed by atoms with van der Waals surface area (Å²) in [5, 5.41) is 2.93. The third kappa shape index (κ3) is 5.42. The first-order chi connectivity index (χ1) is 11.9. The molecule has 0 spiro atoms. The van der Waals surface area contributed by atoms with Crippen molar-refractivity contribution in [3.05, 3.63) is 52.9 Å². The predicted molar refractivity (Wildman–Crippen MR) is 90.1 cm³/mol. The van der Waals surface area contributed by atoms with Gasteiger partial charge >= 0.3 is 5.97 Å². The minimum absolute atomic E-state index is 0.0836. The highest BCUT2D eigenvalue weighted by Crippen LogP contribution is 2.18. The first-order valence-corrected chi connectivity index (χ1v) is 7.71. The highest BCUT2D eigenvalue weighted by atomic mass is 35.5. The van der Waals surface area contributed by atoms with Crippen molar-refractivity contribution in [2.45, 2.75) is 19.4 Å². The normalized spacial score (nSPS) is 11.5. The second kappa shape index (κ2) is 8.43. The molecule has 1 amide bonds. The summed E-state index contributed by atoms with van der Waals surface area (Å²) < 4.78 is 23.5. The van der Waals surface area contributed by atoms with Gasteiger partial charge in [-0.2, -0.15) is 0 Å². The molecule has 1 aromatic carbocycles. The quantitative estimate of drug-likeness (QED) is 0.795. The minimum Gasteiger partial charge on any atom is -0.494 e. The Morgan fingerprint density at radius 2 is 2.08 bits per heavy atom. The number of nitrogens with zero attached hydrogens (tertiary/aromatic N) is 1. The topological polar surface area (TPSA) is 77.5 Å².